The average molecular weight is 350 g/mol. The van der Waals surface area contributed by atoms with Gasteiger partial charge in [0, 0.05) is 13.2 Å². The van der Waals surface area contributed by atoms with Crippen LogP contribution in [0.1, 0.15) is 35.2 Å². The Hall–Kier alpha value is -2.73. The highest BCUT2D eigenvalue weighted by Gasteiger charge is 2.29. The van der Waals surface area contributed by atoms with Crippen molar-refractivity contribution in [3.05, 3.63) is 60.0 Å². The van der Waals surface area contributed by atoms with Gasteiger partial charge in [0.25, 0.3) is 5.91 Å². The second-order valence-corrected chi connectivity index (χ2v) is 6.77. The minimum Gasteiger partial charge on any atom is -0.371 e. The Morgan fingerprint density at radius 2 is 2.12 bits per heavy atom. The molecule has 1 aromatic carbocycles. The minimum atomic E-state index is -0.120. The number of ether oxygens (including phenoxy) is 1. The molecule has 0 aliphatic heterocycles. The number of hydrogen-bond donors (Lipinski definition) is 1. The maximum Gasteiger partial charge on any atom is 0.253 e. The van der Waals surface area contributed by atoms with Crippen LogP contribution in [0.5, 0.6) is 0 Å². The number of nitrogens with one attached hydrogen (secondary N) is 1. The summed E-state index contributed by atoms with van der Waals surface area (Å²) in [5, 5.41) is 3.11. The Morgan fingerprint density at radius 1 is 1.27 bits per heavy atom. The Labute approximate surface area is 152 Å². The highest BCUT2D eigenvalue weighted by molar-refractivity contribution is 5.96. The Morgan fingerprint density at radius 3 is 2.96 bits per heavy atom. The Bertz CT molecular complexity index is 907. The van der Waals surface area contributed by atoms with E-state index >= 15 is 0 Å². The van der Waals surface area contributed by atoms with E-state index in [-0.39, 0.29) is 18.1 Å². The van der Waals surface area contributed by atoms with Gasteiger partial charge in [-0.05, 0) is 30.9 Å². The lowest BCUT2D eigenvalue weighted by Gasteiger charge is -2.21. The molecule has 26 heavy (non-hydrogen) atoms. The Kier molecular flexibility index (Phi) is 4.67. The molecule has 1 amide bonds. The molecule has 2 atom stereocenters. The van der Waals surface area contributed by atoms with Crippen molar-refractivity contribution in [2.75, 3.05) is 0 Å². The summed E-state index contributed by atoms with van der Waals surface area (Å²) in [5.41, 5.74) is 3.18. The first-order chi connectivity index (χ1) is 12.7. The number of pyridine rings is 1. The summed E-state index contributed by atoms with van der Waals surface area (Å²) in [6.07, 6.45) is 6.31. The lowest BCUT2D eigenvalue weighted by Crippen LogP contribution is -2.41. The van der Waals surface area contributed by atoms with Crippen LogP contribution < -0.4 is 5.32 Å². The number of hydrogen-bond acceptors (Lipinski definition) is 4. The maximum absolute atomic E-state index is 12.6. The highest BCUT2D eigenvalue weighted by atomic mass is 16.5. The lowest BCUT2D eigenvalue weighted by molar-refractivity contribution is 0.0272. The average Bonchev–Trinajstić information content (AvgIpc) is 3.27. The van der Waals surface area contributed by atoms with E-state index in [1.165, 1.54) is 0 Å². The number of rotatable bonds is 5. The summed E-state index contributed by atoms with van der Waals surface area (Å²) < 4.78 is 7.90. The van der Waals surface area contributed by atoms with E-state index in [0.717, 1.165) is 36.0 Å². The molecule has 3 aromatic rings. The summed E-state index contributed by atoms with van der Waals surface area (Å²) in [7, 11) is 1.88. The first kappa shape index (κ1) is 16.7. The van der Waals surface area contributed by atoms with E-state index in [0.29, 0.717) is 12.2 Å². The number of imidazole rings is 1. The van der Waals surface area contributed by atoms with Crippen LogP contribution >= 0.6 is 0 Å². The highest BCUT2D eigenvalue weighted by Crippen LogP contribution is 2.24. The molecular formula is C20H22N4O2. The first-order valence-electron chi connectivity index (χ1n) is 8.94. The summed E-state index contributed by atoms with van der Waals surface area (Å²) >= 11 is 0. The number of benzene rings is 1. The molecule has 4 rings (SSSR count). The standard InChI is InChI=1S/C20H22N4O2/c1-24-13-22-17-10-15(11-21-19(17)24)20(25)23-16-8-5-9-18(16)26-12-14-6-3-2-4-7-14/h2-4,6-7,10-11,13,16,18H,5,8-9,12H2,1H3,(H,23,25)/t16-,18-/m1/s1. The van der Waals surface area contributed by atoms with Gasteiger partial charge in [-0.2, -0.15) is 0 Å². The van der Waals surface area contributed by atoms with Gasteiger partial charge in [0.1, 0.15) is 5.52 Å². The fourth-order valence-corrected chi connectivity index (χ4v) is 3.46. The molecule has 1 aliphatic rings. The molecule has 0 spiro atoms. The summed E-state index contributed by atoms with van der Waals surface area (Å²) in [5.74, 6) is -0.120. The fourth-order valence-electron chi connectivity index (χ4n) is 3.46. The Balaban J connectivity index is 1.40. The van der Waals surface area contributed by atoms with Crippen LogP contribution in [-0.2, 0) is 18.4 Å². The van der Waals surface area contributed by atoms with E-state index in [9.17, 15) is 4.79 Å². The van der Waals surface area contributed by atoms with E-state index in [1.807, 2.05) is 29.8 Å². The number of nitrogens with zero attached hydrogens (tertiary/aromatic N) is 3. The van der Waals surface area contributed by atoms with Gasteiger partial charge >= 0.3 is 0 Å². The van der Waals surface area contributed by atoms with Crippen LogP contribution in [0, 0.1) is 0 Å². The SMILES string of the molecule is Cn1cnc2cc(C(=O)N[C@@H]3CCC[C@H]3OCc3ccccc3)cnc21. The van der Waals surface area contributed by atoms with Gasteiger partial charge in [0.15, 0.2) is 5.65 Å². The number of amides is 1. The molecule has 1 saturated carbocycles. The largest absolute Gasteiger partial charge is 0.371 e. The molecular weight excluding hydrogens is 328 g/mol. The van der Waals surface area contributed by atoms with Crippen LogP contribution in [-0.4, -0.2) is 32.6 Å². The van der Waals surface area contributed by atoms with Crippen molar-refractivity contribution in [2.45, 2.75) is 38.0 Å². The first-order valence-corrected chi connectivity index (χ1v) is 8.94. The summed E-state index contributed by atoms with van der Waals surface area (Å²) in [4.78, 5) is 21.2. The molecule has 1 N–H and O–H groups in total. The van der Waals surface area contributed by atoms with Gasteiger partial charge in [-0.3, -0.25) is 4.79 Å². The molecule has 1 aliphatic carbocycles. The van der Waals surface area contributed by atoms with Crippen LogP contribution in [0.25, 0.3) is 11.2 Å². The topological polar surface area (TPSA) is 69.0 Å². The smallest absolute Gasteiger partial charge is 0.253 e. The van der Waals surface area contributed by atoms with E-state index in [4.69, 9.17) is 4.74 Å². The number of aryl methyl sites for hydroxylation is 1. The predicted molar refractivity (Wildman–Crippen MR) is 98.6 cm³/mol. The van der Waals surface area contributed by atoms with Crippen LogP contribution in [0.2, 0.25) is 0 Å². The van der Waals surface area contributed by atoms with Crippen molar-refractivity contribution in [2.24, 2.45) is 7.05 Å². The molecule has 134 valence electrons. The third-order valence-corrected chi connectivity index (χ3v) is 4.89. The fraction of sp³-hybridized carbons (Fsp3) is 0.350. The molecule has 0 radical (unpaired) electrons. The normalized spacial score (nSPS) is 19.7. The molecule has 6 heteroatoms. The second-order valence-electron chi connectivity index (χ2n) is 6.77. The number of carbonyl (C=O) groups is 1. The van der Waals surface area contributed by atoms with E-state index < -0.39 is 0 Å². The summed E-state index contributed by atoms with van der Waals surface area (Å²) in [6, 6.07) is 11.9. The van der Waals surface area contributed by atoms with Crippen molar-refractivity contribution in [3.63, 3.8) is 0 Å². The van der Waals surface area contributed by atoms with Crippen LogP contribution in [0.3, 0.4) is 0 Å². The lowest BCUT2D eigenvalue weighted by atomic mass is 10.1. The van der Waals surface area contributed by atoms with Gasteiger partial charge in [-0.1, -0.05) is 30.3 Å². The van der Waals surface area contributed by atoms with Crippen LogP contribution in [0.15, 0.2) is 48.9 Å². The van der Waals surface area contributed by atoms with Gasteiger partial charge < -0.3 is 14.6 Å². The van der Waals surface area contributed by atoms with E-state index in [2.05, 4.69) is 27.4 Å². The van der Waals surface area contributed by atoms with Crippen molar-refractivity contribution in [1.82, 2.24) is 19.9 Å². The monoisotopic (exact) mass is 350 g/mol. The molecule has 6 nitrogen and oxygen atoms in total. The third kappa shape index (κ3) is 3.46. The zero-order valence-electron chi connectivity index (χ0n) is 14.8. The third-order valence-electron chi connectivity index (χ3n) is 4.89. The quantitative estimate of drug-likeness (QED) is 0.768. The van der Waals surface area contributed by atoms with Crippen LogP contribution in [0.4, 0.5) is 0 Å². The van der Waals surface area contributed by atoms with Gasteiger partial charge in [-0.25, -0.2) is 9.97 Å². The zero-order chi connectivity index (χ0) is 17.9. The van der Waals surface area contributed by atoms with Gasteiger partial charge in [0.05, 0.1) is 30.6 Å². The maximum atomic E-state index is 12.6. The number of aromatic nitrogens is 3. The molecule has 0 unspecified atom stereocenters. The van der Waals surface area contributed by atoms with Gasteiger partial charge in [0.2, 0.25) is 0 Å². The molecule has 2 heterocycles. The van der Waals surface area contributed by atoms with Crippen molar-refractivity contribution >= 4 is 17.1 Å². The summed E-state index contributed by atoms with van der Waals surface area (Å²) in [6.45, 7) is 0.569. The minimum absolute atomic E-state index is 0.0330. The van der Waals surface area contributed by atoms with Crippen molar-refractivity contribution < 1.29 is 9.53 Å². The predicted octanol–water partition coefficient (Wildman–Crippen LogP) is 2.84. The van der Waals surface area contributed by atoms with Gasteiger partial charge in [-0.15, -0.1) is 0 Å². The molecule has 0 saturated heterocycles. The zero-order valence-corrected chi connectivity index (χ0v) is 14.8. The number of fused-ring (bicyclic) bond motifs is 1. The van der Waals surface area contributed by atoms with Crippen molar-refractivity contribution in [1.29, 1.82) is 0 Å². The van der Waals surface area contributed by atoms with E-state index in [1.54, 1.807) is 18.6 Å². The molecule has 2 aromatic heterocycles. The second kappa shape index (κ2) is 7.25. The molecule has 0 bridgehead atoms. The van der Waals surface area contributed by atoms with Crippen molar-refractivity contribution in [3.8, 4) is 0 Å². The number of carbonyl (C=O) groups excluding carboxylic acids is 1. The molecule has 1 fully saturated rings.